The molecule has 3 atom stereocenters. The third-order valence-corrected chi connectivity index (χ3v) is 1.78. The van der Waals surface area contributed by atoms with Gasteiger partial charge >= 0.3 is 5.97 Å². The Morgan fingerprint density at radius 2 is 1.61 bits per heavy atom. The molecule has 0 aromatic rings. The first kappa shape index (κ1) is 19.4. The van der Waals surface area contributed by atoms with Crippen LogP contribution in [-0.2, 0) is 18.7 Å². The third kappa shape index (κ3) is 20.5. The van der Waals surface area contributed by atoms with E-state index in [1.807, 2.05) is 0 Å². The van der Waals surface area contributed by atoms with Crippen molar-refractivity contribution >= 4 is 19.5 Å². The fourth-order valence-electron chi connectivity index (χ4n) is 0.748. The fourth-order valence-corrected chi connectivity index (χ4v) is 1.19. The molecule has 0 aromatic heterocycles. The number of rotatable bonds is 5. The predicted molar refractivity (Wildman–Crippen MR) is 61.2 cm³/mol. The average molecular weight is 282 g/mol. The standard InChI is InChI=1S/C5H12NO4P.C4H9NO2/c1-4(6)3-5(7)10-11(2,8)9;1-3(5)2-4(6)7/h4H,3,6H2,1-2H3,(H,8,9);3H,2,5H2,1H3,(H,6,7)/p-2/t4-;3-/m11/s1. The SMILES string of the molecule is C[C@@H](N)CC(=O)OP(C)(=O)[O-].C[C@@H](N)CC(=O)[O-]. The summed E-state index contributed by atoms with van der Waals surface area (Å²) in [6.07, 6.45) is -0.139. The molecule has 0 spiro atoms. The maximum absolute atomic E-state index is 10.6. The zero-order valence-electron chi connectivity index (χ0n) is 10.6. The van der Waals surface area contributed by atoms with Crippen LogP contribution in [0.3, 0.4) is 0 Å². The number of carboxylic acids is 1. The summed E-state index contributed by atoms with van der Waals surface area (Å²) in [7, 11) is -3.93. The first-order valence-corrected chi connectivity index (χ1v) is 7.15. The van der Waals surface area contributed by atoms with Crippen LogP contribution in [0.15, 0.2) is 0 Å². The van der Waals surface area contributed by atoms with Crippen molar-refractivity contribution in [2.24, 2.45) is 11.5 Å². The second kappa shape index (κ2) is 9.04. The smallest absolute Gasteiger partial charge is 0.311 e. The Bertz CT molecular complexity index is 312. The molecule has 0 fully saturated rings. The van der Waals surface area contributed by atoms with Crippen LogP contribution in [0.4, 0.5) is 0 Å². The van der Waals surface area contributed by atoms with E-state index in [0.717, 1.165) is 6.66 Å². The average Bonchev–Trinajstić information content (AvgIpc) is 1.94. The van der Waals surface area contributed by atoms with Gasteiger partial charge in [0.2, 0.25) is 0 Å². The molecule has 0 saturated carbocycles. The van der Waals surface area contributed by atoms with Gasteiger partial charge in [0.1, 0.15) is 0 Å². The quantitative estimate of drug-likeness (QED) is 0.543. The lowest BCUT2D eigenvalue weighted by Gasteiger charge is -2.17. The zero-order valence-corrected chi connectivity index (χ0v) is 11.5. The number of carbonyl (C=O) groups is 2. The van der Waals surface area contributed by atoms with Crippen LogP contribution in [0.2, 0.25) is 0 Å². The summed E-state index contributed by atoms with van der Waals surface area (Å²) in [5, 5.41) is 9.62. The highest BCUT2D eigenvalue weighted by Crippen LogP contribution is 2.31. The van der Waals surface area contributed by atoms with Crippen molar-refractivity contribution in [2.45, 2.75) is 38.8 Å². The molecule has 108 valence electrons. The number of aliphatic carboxylic acids is 1. The van der Waals surface area contributed by atoms with Gasteiger partial charge in [0.25, 0.3) is 0 Å². The molecule has 0 aliphatic rings. The van der Waals surface area contributed by atoms with Gasteiger partial charge in [0.05, 0.1) is 6.42 Å². The van der Waals surface area contributed by atoms with Crippen molar-refractivity contribution in [3.05, 3.63) is 0 Å². The van der Waals surface area contributed by atoms with E-state index in [9.17, 15) is 24.2 Å². The Kier molecular flexibility index (Phi) is 9.74. The highest BCUT2D eigenvalue weighted by Gasteiger charge is 2.10. The highest BCUT2D eigenvalue weighted by atomic mass is 31.2. The van der Waals surface area contributed by atoms with E-state index in [1.165, 1.54) is 0 Å². The van der Waals surface area contributed by atoms with Crippen molar-refractivity contribution in [1.29, 1.82) is 0 Å². The van der Waals surface area contributed by atoms with Crippen LogP contribution >= 0.6 is 7.60 Å². The normalized spacial score (nSPS) is 16.6. The predicted octanol–water partition coefficient (Wildman–Crippen LogP) is -2.08. The summed E-state index contributed by atoms with van der Waals surface area (Å²) >= 11 is 0. The van der Waals surface area contributed by atoms with Gasteiger partial charge < -0.3 is 30.8 Å². The number of carboxylic acid groups (broad SMARTS) is 1. The van der Waals surface area contributed by atoms with Gasteiger partial charge in [0, 0.05) is 31.1 Å². The van der Waals surface area contributed by atoms with E-state index in [1.54, 1.807) is 13.8 Å². The molecular formula is C9H19N2O6P-2. The van der Waals surface area contributed by atoms with Crippen molar-refractivity contribution in [3.63, 3.8) is 0 Å². The minimum Gasteiger partial charge on any atom is -0.769 e. The first-order chi connectivity index (χ1) is 7.94. The minimum absolute atomic E-state index is 0.0556. The molecule has 0 radical (unpaired) electrons. The maximum Gasteiger partial charge on any atom is 0.311 e. The van der Waals surface area contributed by atoms with Gasteiger partial charge in [-0.3, -0.25) is 9.36 Å². The highest BCUT2D eigenvalue weighted by molar-refractivity contribution is 7.51. The Morgan fingerprint density at radius 3 is 1.78 bits per heavy atom. The van der Waals surface area contributed by atoms with E-state index >= 15 is 0 Å². The Morgan fingerprint density at radius 1 is 1.22 bits per heavy atom. The number of nitrogens with two attached hydrogens (primary N) is 2. The van der Waals surface area contributed by atoms with Crippen molar-refractivity contribution in [2.75, 3.05) is 6.66 Å². The van der Waals surface area contributed by atoms with Crippen LogP contribution < -0.4 is 21.5 Å². The van der Waals surface area contributed by atoms with Gasteiger partial charge in [-0.2, -0.15) is 0 Å². The van der Waals surface area contributed by atoms with E-state index in [2.05, 4.69) is 4.52 Å². The zero-order chi connectivity index (χ0) is 14.9. The number of hydrogen-bond acceptors (Lipinski definition) is 8. The topological polar surface area (TPSA) is 159 Å². The molecule has 1 unspecified atom stereocenters. The van der Waals surface area contributed by atoms with Crippen molar-refractivity contribution in [1.82, 2.24) is 0 Å². The molecule has 0 rings (SSSR count). The Balaban J connectivity index is 0. The molecule has 9 heteroatoms. The number of carbonyl (C=O) groups excluding carboxylic acids is 2. The summed E-state index contributed by atoms with van der Waals surface area (Å²) in [6, 6.07) is -0.668. The van der Waals surface area contributed by atoms with E-state index < -0.39 is 19.5 Å². The molecular weight excluding hydrogens is 263 g/mol. The molecule has 0 bridgehead atoms. The second-order valence-corrected chi connectivity index (χ2v) is 5.69. The van der Waals surface area contributed by atoms with Crippen LogP contribution in [0.5, 0.6) is 0 Å². The lowest BCUT2D eigenvalue weighted by Crippen LogP contribution is -2.29. The van der Waals surface area contributed by atoms with Crippen LogP contribution in [0.25, 0.3) is 0 Å². The largest absolute Gasteiger partial charge is 0.769 e. The van der Waals surface area contributed by atoms with Gasteiger partial charge in [-0.1, -0.05) is 0 Å². The Hall–Kier alpha value is -0.950. The summed E-state index contributed by atoms with van der Waals surface area (Å²) < 4.78 is 14.4. The van der Waals surface area contributed by atoms with Crippen LogP contribution in [0.1, 0.15) is 26.7 Å². The van der Waals surface area contributed by atoms with Gasteiger partial charge in [-0.05, 0) is 13.8 Å². The minimum atomic E-state index is -3.93. The lowest BCUT2D eigenvalue weighted by atomic mass is 10.3. The second-order valence-electron chi connectivity index (χ2n) is 3.97. The monoisotopic (exact) mass is 282 g/mol. The van der Waals surface area contributed by atoms with Crippen LogP contribution in [0, 0.1) is 0 Å². The summed E-state index contributed by atoms with van der Waals surface area (Å²) in [5.74, 6) is -1.89. The molecule has 18 heavy (non-hydrogen) atoms. The fraction of sp³-hybridized carbons (Fsp3) is 0.778. The van der Waals surface area contributed by atoms with Crippen molar-refractivity contribution < 1.29 is 28.7 Å². The summed E-state index contributed by atoms with van der Waals surface area (Å²) in [4.78, 5) is 30.6. The molecule has 0 amide bonds. The molecule has 0 aliphatic carbocycles. The van der Waals surface area contributed by atoms with E-state index in [4.69, 9.17) is 11.5 Å². The third-order valence-electron chi connectivity index (χ3n) is 1.24. The molecule has 0 aromatic carbocycles. The van der Waals surface area contributed by atoms with Gasteiger partial charge in [0.15, 0.2) is 7.60 Å². The first-order valence-electron chi connectivity index (χ1n) is 5.16. The Labute approximate surface area is 106 Å². The number of hydrogen-bond donors (Lipinski definition) is 2. The van der Waals surface area contributed by atoms with Crippen LogP contribution in [-0.4, -0.2) is 30.7 Å². The molecule has 0 aliphatic heterocycles. The molecule has 0 saturated heterocycles. The summed E-state index contributed by atoms with van der Waals surface area (Å²) in [5.41, 5.74) is 10.3. The molecule has 8 nitrogen and oxygen atoms in total. The van der Waals surface area contributed by atoms with Gasteiger partial charge in [-0.25, -0.2) is 0 Å². The maximum atomic E-state index is 10.6. The molecule has 0 heterocycles. The van der Waals surface area contributed by atoms with Gasteiger partial charge in [-0.15, -0.1) is 0 Å². The molecule has 4 N–H and O–H groups in total. The van der Waals surface area contributed by atoms with Crippen molar-refractivity contribution in [3.8, 4) is 0 Å². The van der Waals surface area contributed by atoms with E-state index in [-0.39, 0.29) is 24.9 Å². The summed E-state index contributed by atoms with van der Waals surface area (Å²) in [6.45, 7) is 4.05. The van der Waals surface area contributed by atoms with E-state index in [0.29, 0.717) is 0 Å². The lowest BCUT2D eigenvalue weighted by molar-refractivity contribution is -0.306.